The molecule has 1 fully saturated rings. The van der Waals surface area contributed by atoms with Crippen LogP contribution in [0.25, 0.3) is 0 Å². The minimum atomic E-state index is -0.992. The molecule has 1 aliphatic carbocycles. The van der Waals surface area contributed by atoms with Crippen molar-refractivity contribution in [2.45, 2.75) is 31.3 Å². The van der Waals surface area contributed by atoms with Crippen molar-refractivity contribution in [1.82, 2.24) is 5.32 Å². The second kappa shape index (κ2) is 8.56. The van der Waals surface area contributed by atoms with Crippen molar-refractivity contribution in [1.29, 1.82) is 0 Å². The molecule has 2 aromatic carbocycles. The van der Waals surface area contributed by atoms with Crippen LogP contribution in [-0.2, 0) is 0 Å². The maximum Gasteiger partial charge on any atom is 0.251 e. The first-order valence-electron chi connectivity index (χ1n) is 9.21. The molecule has 7 heteroatoms. The third-order valence-corrected chi connectivity index (χ3v) is 5.07. The number of hydrogen-bond donors (Lipinski definition) is 3. The number of aliphatic hydroxyl groups is 1. The summed E-state index contributed by atoms with van der Waals surface area (Å²) in [5.41, 5.74) is -0.584. The van der Waals surface area contributed by atoms with Gasteiger partial charge in [-0.25, -0.2) is 8.78 Å². The van der Waals surface area contributed by atoms with Gasteiger partial charge < -0.3 is 20.3 Å². The molecule has 2 aromatic rings. The van der Waals surface area contributed by atoms with Gasteiger partial charge in [0.2, 0.25) is 0 Å². The lowest BCUT2D eigenvalue weighted by molar-refractivity contribution is -0.0129. The smallest absolute Gasteiger partial charge is 0.251 e. The van der Waals surface area contributed by atoms with Gasteiger partial charge in [-0.1, -0.05) is 0 Å². The lowest BCUT2D eigenvalue weighted by Gasteiger charge is -2.36. The molecule has 1 saturated carbocycles. The molecule has 1 aliphatic rings. The van der Waals surface area contributed by atoms with Crippen molar-refractivity contribution >= 4 is 5.91 Å². The molecule has 3 rings (SSSR count). The Morgan fingerprint density at radius 3 is 2.32 bits per heavy atom. The summed E-state index contributed by atoms with van der Waals surface area (Å²) in [5.74, 6) is -1.28. The predicted molar refractivity (Wildman–Crippen MR) is 99.2 cm³/mol. The van der Waals surface area contributed by atoms with Crippen LogP contribution < -0.4 is 10.1 Å². The first-order chi connectivity index (χ1) is 13.3. The number of aromatic hydroxyl groups is 1. The molecule has 0 aliphatic heterocycles. The standard InChI is InChI=1S/C21H23F2NO4/c22-16-9-17(23)11-19(10-16)28-12-14-5-7-21(27,8-6-14)13-24-20(26)15-1-3-18(25)4-2-15/h1-4,9-11,14,25,27H,5-8,12-13H2,(H,24,26)/t14-,21-. The predicted octanol–water partition coefficient (Wildman–Crippen LogP) is 3.40. The van der Waals surface area contributed by atoms with E-state index in [9.17, 15) is 23.8 Å². The third kappa shape index (κ3) is 5.42. The average Bonchev–Trinajstić information content (AvgIpc) is 2.66. The molecule has 0 spiro atoms. The van der Waals surface area contributed by atoms with Crippen LogP contribution in [0.3, 0.4) is 0 Å². The Balaban J connectivity index is 1.44. The molecule has 0 atom stereocenters. The number of rotatable bonds is 6. The number of benzene rings is 2. The monoisotopic (exact) mass is 391 g/mol. The second-order valence-electron chi connectivity index (χ2n) is 7.31. The van der Waals surface area contributed by atoms with E-state index < -0.39 is 17.2 Å². The number of hydrogen-bond acceptors (Lipinski definition) is 4. The Kier molecular flexibility index (Phi) is 6.14. The van der Waals surface area contributed by atoms with Crippen LogP contribution >= 0.6 is 0 Å². The van der Waals surface area contributed by atoms with Crippen LogP contribution in [0.4, 0.5) is 8.78 Å². The van der Waals surface area contributed by atoms with Gasteiger partial charge in [0.15, 0.2) is 0 Å². The van der Waals surface area contributed by atoms with E-state index in [2.05, 4.69) is 5.32 Å². The minimum Gasteiger partial charge on any atom is -0.508 e. The third-order valence-electron chi connectivity index (χ3n) is 5.07. The van der Waals surface area contributed by atoms with E-state index in [4.69, 9.17) is 4.74 Å². The zero-order chi connectivity index (χ0) is 20.1. The summed E-state index contributed by atoms with van der Waals surface area (Å²) in [6.07, 6.45) is 2.36. The van der Waals surface area contributed by atoms with Crippen molar-refractivity contribution in [3.05, 3.63) is 59.7 Å². The van der Waals surface area contributed by atoms with Crippen molar-refractivity contribution < 1.29 is 28.5 Å². The van der Waals surface area contributed by atoms with Crippen LogP contribution in [0.1, 0.15) is 36.0 Å². The Bertz CT molecular complexity index is 797. The Morgan fingerprint density at radius 1 is 1.11 bits per heavy atom. The first kappa shape index (κ1) is 20.1. The van der Waals surface area contributed by atoms with Gasteiger partial charge in [0.25, 0.3) is 5.91 Å². The van der Waals surface area contributed by atoms with E-state index in [0.717, 1.165) is 18.2 Å². The summed E-state index contributed by atoms with van der Waals surface area (Å²) >= 11 is 0. The van der Waals surface area contributed by atoms with Gasteiger partial charge in [-0.05, 0) is 55.9 Å². The number of phenolic OH excluding ortho intramolecular Hbond substituents is 1. The van der Waals surface area contributed by atoms with Gasteiger partial charge in [-0.15, -0.1) is 0 Å². The van der Waals surface area contributed by atoms with Crippen molar-refractivity contribution in [2.24, 2.45) is 5.92 Å². The van der Waals surface area contributed by atoms with Gasteiger partial charge in [-0.3, -0.25) is 4.79 Å². The largest absolute Gasteiger partial charge is 0.508 e. The summed E-state index contributed by atoms with van der Waals surface area (Å²) < 4.78 is 31.9. The topological polar surface area (TPSA) is 78.8 Å². The zero-order valence-electron chi connectivity index (χ0n) is 15.3. The van der Waals surface area contributed by atoms with Crippen LogP contribution in [0.5, 0.6) is 11.5 Å². The molecule has 0 aromatic heterocycles. The number of halogens is 2. The van der Waals surface area contributed by atoms with Gasteiger partial charge >= 0.3 is 0 Å². The van der Waals surface area contributed by atoms with E-state index >= 15 is 0 Å². The Morgan fingerprint density at radius 2 is 1.71 bits per heavy atom. The summed E-state index contributed by atoms with van der Waals surface area (Å²) in [6, 6.07) is 8.96. The van der Waals surface area contributed by atoms with Gasteiger partial charge in [0.05, 0.1) is 12.2 Å². The molecule has 150 valence electrons. The summed E-state index contributed by atoms with van der Waals surface area (Å²) in [6.45, 7) is 0.453. The fourth-order valence-electron chi connectivity index (χ4n) is 3.34. The molecule has 0 heterocycles. The first-order valence-corrected chi connectivity index (χ1v) is 9.21. The fourth-order valence-corrected chi connectivity index (χ4v) is 3.34. The number of nitrogens with one attached hydrogen (secondary N) is 1. The number of carbonyl (C=O) groups excluding carboxylic acids is 1. The molecular weight excluding hydrogens is 368 g/mol. The number of phenols is 1. The maximum absolute atomic E-state index is 13.2. The Labute approximate surface area is 162 Å². The molecule has 28 heavy (non-hydrogen) atoms. The van der Waals surface area contributed by atoms with Gasteiger partial charge in [0, 0.05) is 30.3 Å². The van der Waals surface area contributed by atoms with E-state index in [0.29, 0.717) is 37.9 Å². The van der Waals surface area contributed by atoms with E-state index in [1.54, 1.807) is 0 Å². The summed E-state index contributed by atoms with van der Waals surface area (Å²) in [4.78, 5) is 12.1. The van der Waals surface area contributed by atoms with Crippen LogP contribution in [0.15, 0.2) is 42.5 Å². The highest BCUT2D eigenvalue weighted by atomic mass is 19.1. The molecule has 1 amide bonds. The quantitative estimate of drug-likeness (QED) is 0.705. The van der Waals surface area contributed by atoms with Crippen LogP contribution in [-0.4, -0.2) is 34.9 Å². The molecular formula is C21H23F2NO4. The highest BCUT2D eigenvalue weighted by Gasteiger charge is 2.33. The zero-order valence-corrected chi connectivity index (χ0v) is 15.3. The van der Waals surface area contributed by atoms with Gasteiger partial charge in [0.1, 0.15) is 23.1 Å². The molecule has 0 saturated heterocycles. The highest BCUT2D eigenvalue weighted by molar-refractivity contribution is 5.94. The normalized spacial score (nSPS) is 21.9. The molecule has 5 nitrogen and oxygen atoms in total. The fraction of sp³-hybridized carbons (Fsp3) is 0.381. The minimum absolute atomic E-state index is 0.0803. The van der Waals surface area contributed by atoms with E-state index in [1.165, 1.54) is 24.3 Å². The summed E-state index contributed by atoms with van der Waals surface area (Å²) in [5, 5.41) is 22.7. The average molecular weight is 391 g/mol. The maximum atomic E-state index is 13.2. The second-order valence-corrected chi connectivity index (χ2v) is 7.31. The SMILES string of the molecule is O=C(NC[C@]1(O)CC[C@H](COc2cc(F)cc(F)c2)CC1)c1ccc(O)cc1. The van der Waals surface area contributed by atoms with E-state index in [-0.39, 0.29) is 29.9 Å². The number of carbonyl (C=O) groups is 1. The van der Waals surface area contributed by atoms with Crippen molar-refractivity contribution in [3.8, 4) is 11.5 Å². The lowest BCUT2D eigenvalue weighted by atomic mass is 9.79. The van der Waals surface area contributed by atoms with Crippen LogP contribution in [0, 0.1) is 17.6 Å². The molecule has 0 radical (unpaired) electrons. The molecule has 0 unspecified atom stereocenters. The summed E-state index contributed by atoms with van der Waals surface area (Å²) in [7, 11) is 0. The van der Waals surface area contributed by atoms with Gasteiger partial charge in [-0.2, -0.15) is 0 Å². The number of amides is 1. The lowest BCUT2D eigenvalue weighted by Crippen LogP contribution is -2.45. The molecule has 0 bridgehead atoms. The Hall–Kier alpha value is -2.67. The highest BCUT2D eigenvalue weighted by Crippen LogP contribution is 2.32. The van der Waals surface area contributed by atoms with Crippen molar-refractivity contribution in [3.63, 3.8) is 0 Å². The molecule has 3 N–H and O–H groups in total. The van der Waals surface area contributed by atoms with Crippen LogP contribution in [0.2, 0.25) is 0 Å². The number of ether oxygens (including phenoxy) is 1. The van der Waals surface area contributed by atoms with E-state index in [1.807, 2.05) is 0 Å². The van der Waals surface area contributed by atoms with Crippen molar-refractivity contribution in [2.75, 3.05) is 13.2 Å².